The van der Waals surface area contributed by atoms with E-state index in [9.17, 15) is 14.7 Å². The first-order valence-corrected chi connectivity index (χ1v) is 11.0. The SMILES string of the molecule is Cc1ccccc1C(=O)c1sc2cc(O)ccc2c1Oc1ccc2cc(OC=O)ccc2c1. The second kappa shape index (κ2) is 8.41. The summed E-state index contributed by atoms with van der Waals surface area (Å²) in [4.78, 5) is 24.5. The van der Waals surface area contributed by atoms with Crippen LogP contribution < -0.4 is 9.47 Å². The predicted molar refractivity (Wildman–Crippen MR) is 129 cm³/mol. The van der Waals surface area contributed by atoms with Crippen molar-refractivity contribution in [1.29, 1.82) is 0 Å². The van der Waals surface area contributed by atoms with E-state index in [2.05, 4.69) is 0 Å². The van der Waals surface area contributed by atoms with Gasteiger partial charge in [0, 0.05) is 15.6 Å². The van der Waals surface area contributed by atoms with Crippen LogP contribution in [0.15, 0.2) is 78.9 Å². The highest BCUT2D eigenvalue weighted by Gasteiger charge is 2.23. The number of ketones is 1. The number of phenolic OH excluding ortho intramolecular Hbond substituents is 1. The number of rotatable bonds is 6. The number of fused-ring (bicyclic) bond motifs is 2. The van der Waals surface area contributed by atoms with Crippen molar-refractivity contribution in [2.45, 2.75) is 6.92 Å². The molecule has 0 saturated heterocycles. The van der Waals surface area contributed by atoms with E-state index in [-0.39, 0.29) is 11.5 Å². The molecule has 1 aromatic heterocycles. The molecule has 0 amide bonds. The molecular weight excluding hydrogens is 436 g/mol. The van der Waals surface area contributed by atoms with E-state index in [1.165, 1.54) is 11.3 Å². The number of hydrogen-bond acceptors (Lipinski definition) is 6. The molecule has 0 aliphatic rings. The minimum absolute atomic E-state index is 0.125. The van der Waals surface area contributed by atoms with Crippen molar-refractivity contribution in [3.8, 4) is 23.0 Å². The van der Waals surface area contributed by atoms with Crippen LogP contribution in [0.25, 0.3) is 20.9 Å². The van der Waals surface area contributed by atoms with E-state index in [1.807, 2.05) is 43.3 Å². The maximum atomic E-state index is 13.5. The van der Waals surface area contributed by atoms with E-state index in [0.29, 0.717) is 34.2 Å². The number of ether oxygens (including phenoxy) is 2. The van der Waals surface area contributed by atoms with Crippen LogP contribution in [-0.2, 0) is 4.79 Å². The molecule has 0 bridgehead atoms. The van der Waals surface area contributed by atoms with E-state index in [0.717, 1.165) is 26.4 Å². The lowest BCUT2D eigenvalue weighted by molar-refractivity contribution is -0.120. The van der Waals surface area contributed by atoms with Crippen LogP contribution in [-0.4, -0.2) is 17.4 Å². The summed E-state index contributed by atoms with van der Waals surface area (Å²) in [6, 6.07) is 23.3. The van der Waals surface area contributed by atoms with Crippen LogP contribution in [0.3, 0.4) is 0 Å². The lowest BCUT2D eigenvalue weighted by Gasteiger charge is -2.10. The maximum absolute atomic E-state index is 13.5. The Balaban J connectivity index is 1.60. The van der Waals surface area contributed by atoms with E-state index < -0.39 is 0 Å². The van der Waals surface area contributed by atoms with E-state index in [4.69, 9.17) is 9.47 Å². The van der Waals surface area contributed by atoms with Crippen LogP contribution in [0.1, 0.15) is 20.8 Å². The molecule has 5 nitrogen and oxygen atoms in total. The minimum atomic E-state index is -0.125. The Labute approximate surface area is 193 Å². The van der Waals surface area contributed by atoms with Gasteiger partial charge in [-0.3, -0.25) is 9.59 Å². The molecule has 0 spiro atoms. The Morgan fingerprint density at radius 3 is 2.39 bits per heavy atom. The summed E-state index contributed by atoms with van der Waals surface area (Å²) in [5.74, 6) is 1.49. The quantitative estimate of drug-likeness (QED) is 0.230. The molecule has 1 heterocycles. The second-order valence-electron chi connectivity index (χ2n) is 7.57. The molecule has 0 saturated carbocycles. The molecular formula is C27H18O5S. The number of carbonyl (C=O) groups excluding carboxylic acids is 2. The Bertz CT molecular complexity index is 1530. The van der Waals surface area contributed by atoms with Gasteiger partial charge in [-0.25, -0.2) is 0 Å². The number of hydrogen-bond donors (Lipinski definition) is 1. The Morgan fingerprint density at radius 2 is 1.64 bits per heavy atom. The Morgan fingerprint density at radius 1 is 0.909 bits per heavy atom. The molecule has 0 aliphatic heterocycles. The topological polar surface area (TPSA) is 72.8 Å². The monoisotopic (exact) mass is 454 g/mol. The largest absolute Gasteiger partial charge is 0.508 e. The van der Waals surface area contributed by atoms with Gasteiger partial charge in [0.1, 0.15) is 22.1 Å². The molecule has 0 aliphatic carbocycles. The fourth-order valence-corrected chi connectivity index (χ4v) is 4.89. The van der Waals surface area contributed by atoms with Crippen molar-refractivity contribution in [3.63, 3.8) is 0 Å². The molecule has 33 heavy (non-hydrogen) atoms. The normalized spacial score (nSPS) is 10.9. The molecule has 6 heteroatoms. The molecule has 4 aromatic carbocycles. The fraction of sp³-hybridized carbons (Fsp3) is 0.0370. The van der Waals surface area contributed by atoms with Crippen molar-refractivity contribution < 1.29 is 24.2 Å². The zero-order valence-electron chi connectivity index (χ0n) is 17.6. The highest BCUT2D eigenvalue weighted by molar-refractivity contribution is 7.21. The summed E-state index contributed by atoms with van der Waals surface area (Å²) >= 11 is 1.30. The van der Waals surface area contributed by atoms with Crippen LogP contribution >= 0.6 is 11.3 Å². The molecule has 0 fully saturated rings. The highest BCUT2D eigenvalue weighted by Crippen LogP contribution is 2.43. The van der Waals surface area contributed by atoms with Gasteiger partial charge in [-0.1, -0.05) is 36.4 Å². The average molecular weight is 455 g/mol. The van der Waals surface area contributed by atoms with Crippen LogP contribution in [0.2, 0.25) is 0 Å². The van der Waals surface area contributed by atoms with Gasteiger partial charge < -0.3 is 14.6 Å². The lowest BCUT2D eigenvalue weighted by Crippen LogP contribution is -2.03. The van der Waals surface area contributed by atoms with Crippen molar-refractivity contribution in [1.82, 2.24) is 0 Å². The zero-order chi connectivity index (χ0) is 22.9. The zero-order valence-corrected chi connectivity index (χ0v) is 18.4. The van der Waals surface area contributed by atoms with Gasteiger partial charge in [-0.15, -0.1) is 11.3 Å². The van der Waals surface area contributed by atoms with Crippen molar-refractivity contribution >= 4 is 44.5 Å². The molecule has 162 valence electrons. The van der Waals surface area contributed by atoms with E-state index >= 15 is 0 Å². The Hall–Kier alpha value is -4.16. The van der Waals surface area contributed by atoms with Gasteiger partial charge in [0.2, 0.25) is 5.78 Å². The first-order chi connectivity index (χ1) is 16.0. The fourth-order valence-electron chi connectivity index (χ4n) is 3.77. The summed E-state index contributed by atoms with van der Waals surface area (Å²) in [6.45, 7) is 2.30. The molecule has 0 unspecified atom stereocenters. The number of aryl methyl sites for hydroxylation is 1. The summed E-state index contributed by atoms with van der Waals surface area (Å²) in [5.41, 5.74) is 1.49. The third-order valence-corrected chi connectivity index (χ3v) is 6.54. The Kier molecular flexibility index (Phi) is 5.28. The molecule has 0 atom stereocenters. The number of benzene rings is 4. The standard InChI is InChI=1S/C27H18O5S/c1-16-4-2-3-5-22(16)25(30)27-26(23-11-8-19(29)14-24(23)33-27)32-21-10-7-17-12-20(31-15-28)9-6-18(17)13-21/h2-15,29H,1H3. The van der Waals surface area contributed by atoms with Crippen LogP contribution in [0, 0.1) is 6.92 Å². The van der Waals surface area contributed by atoms with Gasteiger partial charge in [-0.2, -0.15) is 0 Å². The summed E-state index contributed by atoms with van der Waals surface area (Å²) in [7, 11) is 0. The summed E-state index contributed by atoms with van der Waals surface area (Å²) in [5, 5.41) is 12.5. The van der Waals surface area contributed by atoms with Crippen molar-refractivity contribution in [3.05, 3.63) is 94.9 Å². The third-order valence-electron chi connectivity index (χ3n) is 5.41. The smallest absolute Gasteiger partial charge is 0.298 e. The van der Waals surface area contributed by atoms with Crippen molar-refractivity contribution in [2.75, 3.05) is 0 Å². The number of aromatic hydroxyl groups is 1. The molecule has 1 N–H and O–H groups in total. The number of carbonyl (C=O) groups is 2. The van der Waals surface area contributed by atoms with Crippen molar-refractivity contribution in [2.24, 2.45) is 0 Å². The highest BCUT2D eigenvalue weighted by atomic mass is 32.1. The second-order valence-corrected chi connectivity index (χ2v) is 8.62. The van der Waals surface area contributed by atoms with Gasteiger partial charge in [0.25, 0.3) is 6.47 Å². The van der Waals surface area contributed by atoms with E-state index in [1.54, 1.807) is 42.5 Å². The molecule has 5 aromatic rings. The van der Waals surface area contributed by atoms with Crippen LogP contribution in [0.5, 0.6) is 23.0 Å². The summed E-state index contributed by atoms with van der Waals surface area (Å²) < 4.78 is 12.0. The predicted octanol–water partition coefficient (Wildman–Crippen LogP) is 6.63. The van der Waals surface area contributed by atoms with Gasteiger partial charge >= 0.3 is 0 Å². The summed E-state index contributed by atoms with van der Waals surface area (Å²) in [6.07, 6.45) is 0. The van der Waals surface area contributed by atoms with Gasteiger partial charge in [0.15, 0.2) is 5.75 Å². The maximum Gasteiger partial charge on any atom is 0.298 e. The first kappa shape index (κ1) is 20.7. The first-order valence-electron chi connectivity index (χ1n) is 10.2. The number of phenols is 1. The van der Waals surface area contributed by atoms with Crippen LogP contribution in [0.4, 0.5) is 0 Å². The van der Waals surface area contributed by atoms with Gasteiger partial charge in [0.05, 0.1) is 0 Å². The number of thiophene rings is 1. The minimum Gasteiger partial charge on any atom is -0.508 e. The van der Waals surface area contributed by atoms with Gasteiger partial charge in [-0.05, 0) is 65.7 Å². The third kappa shape index (κ3) is 3.92. The lowest BCUT2D eigenvalue weighted by atomic mass is 10.0. The average Bonchev–Trinajstić information content (AvgIpc) is 3.16. The molecule has 5 rings (SSSR count). The molecule has 0 radical (unpaired) electrons.